The largest absolute Gasteiger partial charge is 0.341 e. The molecule has 0 radical (unpaired) electrons. The Balaban J connectivity index is 1.65. The van der Waals surface area contributed by atoms with Crippen LogP contribution in [0.1, 0.15) is 32.6 Å². The summed E-state index contributed by atoms with van der Waals surface area (Å²) in [5.41, 5.74) is 4.52. The number of carbonyl (C=O) groups excluding carboxylic acids is 3. The molecule has 1 aliphatic carbocycles. The highest BCUT2D eigenvalue weighted by atomic mass is 16.2. The van der Waals surface area contributed by atoms with E-state index in [1.165, 1.54) is 0 Å². The molecule has 3 rings (SSSR count). The zero-order chi connectivity index (χ0) is 14.5. The SMILES string of the molecule is CC(N)(C(=O)N1CCC2(CC1)NC(=O)NC2=O)C1CC1. The van der Waals surface area contributed by atoms with Crippen LogP contribution in [-0.4, -0.2) is 46.9 Å². The van der Waals surface area contributed by atoms with Gasteiger partial charge in [0, 0.05) is 13.1 Å². The first-order valence-electron chi connectivity index (χ1n) is 7.07. The molecular formula is C13H20N4O3. The molecule has 0 aromatic rings. The molecule has 3 fully saturated rings. The van der Waals surface area contributed by atoms with E-state index in [0.717, 1.165) is 12.8 Å². The van der Waals surface area contributed by atoms with E-state index in [2.05, 4.69) is 10.6 Å². The summed E-state index contributed by atoms with van der Waals surface area (Å²) in [6.45, 7) is 2.69. The molecule has 0 aromatic heterocycles. The Bertz CT molecular complexity index is 476. The van der Waals surface area contributed by atoms with Crippen LogP contribution < -0.4 is 16.4 Å². The maximum atomic E-state index is 12.5. The molecule has 1 unspecified atom stereocenters. The third-order valence-electron chi connectivity index (χ3n) is 4.80. The molecule has 2 saturated heterocycles. The van der Waals surface area contributed by atoms with E-state index in [-0.39, 0.29) is 17.7 Å². The molecule has 7 heteroatoms. The number of urea groups is 1. The summed E-state index contributed by atoms with van der Waals surface area (Å²) >= 11 is 0. The van der Waals surface area contributed by atoms with Crippen molar-refractivity contribution in [3.8, 4) is 0 Å². The van der Waals surface area contributed by atoms with Gasteiger partial charge in [-0.3, -0.25) is 14.9 Å². The molecule has 20 heavy (non-hydrogen) atoms. The van der Waals surface area contributed by atoms with Crippen LogP contribution in [0.3, 0.4) is 0 Å². The number of hydrogen-bond acceptors (Lipinski definition) is 4. The number of rotatable bonds is 2. The number of likely N-dealkylation sites (tertiary alicyclic amines) is 1. The first-order valence-corrected chi connectivity index (χ1v) is 7.07. The van der Waals surface area contributed by atoms with Crippen molar-refractivity contribution < 1.29 is 14.4 Å². The Morgan fingerprint density at radius 3 is 2.40 bits per heavy atom. The second-order valence-corrected chi connectivity index (χ2v) is 6.34. The third-order valence-corrected chi connectivity index (χ3v) is 4.80. The molecule has 2 heterocycles. The zero-order valence-corrected chi connectivity index (χ0v) is 11.6. The average molecular weight is 280 g/mol. The number of nitrogens with one attached hydrogen (secondary N) is 2. The molecule has 110 valence electrons. The number of imide groups is 1. The lowest BCUT2D eigenvalue weighted by Crippen LogP contribution is -2.61. The van der Waals surface area contributed by atoms with Crippen LogP contribution in [0.4, 0.5) is 4.79 Å². The van der Waals surface area contributed by atoms with Gasteiger partial charge in [-0.05, 0) is 38.5 Å². The molecule has 0 aromatic carbocycles. The predicted octanol–water partition coefficient (Wildman–Crippen LogP) is -0.686. The van der Waals surface area contributed by atoms with Crippen molar-refractivity contribution in [3.05, 3.63) is 0 Å². The van der Waals surface area contributed by atoms with E-state index in [1.807, 2.05) is 0 Å². The predicted molar refractivity (Wildman–Crippen MR) is 70.5 cm³/mol. The molecule has 4 amide bonds. The van der Waals surface area contributed by atoms with Gasteiger partial charge in [0.05, 0.1) is 5.54 Å². The number of nitrogens with zero attached hydrogens (tertiary/aromatic N) is 1. The highest BCUT2D eigenvalue weighted by Gasteiger charge is 2.51. The second-order valence-electron chi connectivity index (χ2n) is 6.34. The molecule has 3 aliphatic rings. The van der Waals surface area contributed by atoms with Crippen LogP contribution in [0.15, 0.2) is 0 Å². The van der Waals surface area contributed by atoms with Gasteiger partial charge in [0.25, 0.3) is 5.91 Å². The van der Waals surface area contributed by atoms with Crippen molar-refractivity contribution in [1.82, 2.24) is 15.5 Å². The highest BCUT2D eigenvalue weighted by Crippen LogP contribution is 2.39. The normalized spacial score (nSPS) is 28.0. The summed E-state index contributed by atoms with van der Waals surface area (Å²) < 4.78 is 0. The Kier molecular flexibility index (Phi) is 2.79. The third kappa shape index (κ3) is 1.96. The smallest absolute Gasteiger partial charge is 0.322 e. The van der Waals surface area contributed by atoms with E-state index in [0.29, 0.717) is 25.9 Å². The number of piperidine rings is 1. The summed E-state index contributed by atoms with van der Waals surface area (Å²) in [6.07, 6.45) is 2.90. The lowest BCUT2D eigenvalue weighted by Gasteiger charge is -2.40. The molecule has 0 bridgehead atoms. The Hall–Kier alpha value is -1.63. The monoisotopic (exact) mass is 280 g/mol. The fourth-order valence-electron chi connectivity index (χ4n) is 3.17. The van der Waals surface area contributed by atoms with Crippen LogP contribution in [0, 0.1) is 5.92 Å². The van der Waals surface area contributed by atoms with Crippen LogP contribution in [0.2, 0.25) is 0 Å². The van der Waals surface area contributed by atoms with Crippen molar-refractivity contribution in [2.24, 2.45) is 11.7 Å². The Morgan fingerprint density at radius 2 is 1.95 bits per heavy atom. The van der Waals surface area contributed by atoms with Crippen molar-refractivity contribution in [2.45, 2.75) is 43.7 Å². The van der Waals surface area contributed by atoms with Gasteiger partial charge in [0.2, 0.25) is 5.91 Å². The van der Waals surface area contributed by atoms with Gasteiger partial charge in [0.15, 0.2) is 0 Å². The molecule has 1 atom stereocenters. The van der Waals surface area contributed by atoms with Gasteiger partial charge in [-0.25, -0.2) is 4.79 Å². The van der Waals surface area contributed by atoms with Crippen molar-refractivity contribution in [3.63, 3.8) is 0 Å². The molecule has 1 saturated carbocycles. The van der Waals surface area contributed by atoms with Crippen molar-refractivity contribution in [1.29, 1.82) is 0 Å². The lowest BCUT2D eigenvalue weighted by atomic mass is 9.86. The van der Waals surface area contributed by atoms with Gasteiger partial charge in [-0.15, -0.1) is 0 Å². The lowest BCUT2D eigenvalue weighted by molar-refractivity contribution is -0.140. The quantitative estimate of drug-likeness (QED) is 0.582. The summed E-state index contributed by atoms with van der Waals surface area (Å²) in [5.74, 6) is -0.0488. The van der Waals surface area contributed by atoms with Gasteiger partial charge in [0.1, 0.15) is 5.54 Å². The van der Waals surface area contributed by atoms with Gasteiger partial charge < -0.3 is 16.0 Å². The van der Waals surface area contributed by atoms with E-state index < -0.39 is 17.1 Å². The second kappa shape index (κ2) is 4.18. The fourth-order valence-corrected chi connectivity index (χ4v) is 3.17. The highest BCUT2D eigenvalue weighted by molar-refractivity contribution is 6.07. The average Bonchev–Trinajstić information content (AvgIpc) is 3.19. The number of carbonyl (C=O) groups is 3. The molecule has 7 nitrogen and oxygen atoms in total. The summed E-state index contributed by atoms with van der Waals surface area (Å²) in [6, 6.07) is -0.448. The fraction of sp³-hybridized carbons (Fsp3) is 0.769. The summed E-state index contributed by atoms with van der Waals surface area (Å²) in [7, 11) is 0. The Labute approximate surface area is 117 Å². The number of amides is 4. The van der Waals surface area contributed by atoms with E-state index in [9.17, 15) is 14.4 Å². The minimum absolute atomic E-state index is 0.0421. The van der Waals surface area contributed by atoms with Crippen LogP contribution in [0.5, 0.6) is 0 Å². The van der Waals surface area contributed by atoms with E-state index >= 15 is 0 Å². The maximum Gasteiger partial charge on any atom is 0.322 e. The number of hydrogen-bond donors (Lipinski definition) is 3. The van der Waals surface area contributed by atoms with E-state index in [4.69, 9.17) is 5.73 Å². The van der Waals surface area contributed by atoms with Gasteiger partial charge in [-0.2, -0.15) is 0 Å². The zero-order valence-electron chi connectivity index (χ0n) is 11.6. The molecular weight excluding hydrogens is 260 g/mol. The van der Waals surface area contributed by atoms with Crippen molar-refractivity contribution in [2.75, 3.05) is 13.1 Å². The van der Waals surface area contributed by atoms with Crippen LogP contribution in [0.25, 0.3) is 0 Å². The summed E-state index contributed by atoms with van der Waals surface area (Å²) in [4.78, 5) is 37.3. The maximum absolute atomic E-state index is 12.5. The van der Waals surface area contributed by atoms with Gasteiger partial charge >= 0.3 is 6.03 Å². The van der Waals surface area contributed by atoms with Crippen LogP contribution in [-0.2, 0) is 9.59 Å². The minimum Gasteiger partial charge on any atom is -0.341 e. The molecule has 2 aliphatic heterocycles. The van der Waals surface area contributed by atoms with E-state index in [1.54, 1.807) is 11.8 Å². The summed E-state index contributed by atoms with van der Waals surface area (Å²) in [5, 5.41) is 4.95. The molecule has 4 N–H and O–H groups in total. The van der Waals surface area contributed by atoms with Crippen molar-refractivity contribution >= 4 is 17.8 Å². The minimum atomic E-state index is -0.835. The first-order chi connectivity index (χ1) is 9.35. The topological polar surface area (TPSA) is 105 Å². The van der Waals surface area contributed by atoms with Crippen LogP contribution >= 0.6 is 0 Å². The Morgan fingerprint density at radius 1 is 1.35 bits per heavy atom. The molecule has 1 spiro atoms. The standard InChI is InChI=1S/C13H20N4O3/c1-12(14,8-2-3-8)10(19)17-6-4-13(5-7-17)9(18)15-11(20)16-13/h8H,2-7,14H2,1H3,(H2,15,16,18,20). The number of nitrogens with two attached hydrogens (primary N) is 1. The van der Waals surface area contributed by atoms with Gasteiger partial charge in [-0.1, -0.05) is 0 Å². The first kappa shape index (κ1) is 13.4.